The molecule has 11 nitrogen and oxygen atoms in total. The largest absolute Gasteiger partial charge is 0.496 e. The first-order valence-corrected chi connectivity index (χ1v) is 14.6. The van der Waals surface area contributed by atoms with Crippen LogP contribution in [-0.2, 0) is 14.3 Å². The average Bonchev–Trinajstić information content (AvgIpc) is 2.99. The Labute approximate surface area is 251 Å². The molecule has 4 rings (SSSR count). The lowest BCUT2D eigenvalue weighted by molar-refractivity contribution is -0.118. The van der Waals surface area contributed by atoms with Gasteiger partial charge in [0.1, 0.15) is 5.75 Å². The number of hydrogen-bond donors (Lipinski definition) is 4. The van der Waals surface area contributed by atoms with Gasteiger partial charge >= 0.3 is 5.97 Å². The van der Waals surface area contributed by atoms with Crippen molar-refractivity contribution in [3.05, 3.63) is 52.5 Å². The summed E-state index contributed by atoms with van der Waals surface area (Å²) in [4.78, 5) is 40.1. The summed E-state index contributed by atoms with van der Waals surface area (Å²) in [5.41, 5.74) is 7.46. The number of methoxy groups -OCH3 is 2. The normalized spacial score (nSPS) is 20.9. The van der Waals surface area contributed by atoms with Gasteiger partial charge in [-0.2, -0.15) is 0 Å². The summed E-state index contributed by atoms with van der Waals surface area (Å²) in [5.74, 6) is -0.582. The van der Waals surface area contributed by atoms with Crippen LogP contribution in [0.15, 0.2) is 36.4 Å². The number of piperidine rings is 2. The summed E-state index contributed by atoms with van der Waals surface area (Å²) in [6, 6.07) is 9.81. The topological polar surface area (TPSA) is 144 Å². The molecule has 2 heterocycles. The van der Waals surface area contributed by atoms with E-state index in [0.29, 0.717) is 54.8 Å². The number of anilines is 2. The minimum atomic E-state index is -0.373. The lowest BCUT2D eigenvalue weighted by atomic mass is 10.0. The van der Waals surface area contributed by atoms with Crippen molar-refractivity contribution in [3.63, 3.8) is 0 Å². The summed E-state index contributed by atoms with van der Waals surface area (Å²) >= 11 is 6.12. The lowest BCUT2D eigenvalue weighted by Crippen LogP contribution is -2.55. The van der Waals surface area contributed by atoms with Crippen molar-refractivity contribution < 1.29 is 28.6 Å². The monoisotopic (exact) mass is 601 g/mol. The van der Waals surface area contributed by atoms with Gasteiger partial charge in [0.2, 0.25) is 5.91 Å². The lowest BCUT2D eigenvalue weighted by Gasteiger charge is -2.37. The predicted octanol–water partition coefficient (Wildman–Crippen LogP) is 3.08. The van der Waals surface area contributed by atoms with Crippen molar-refractivity contribution in [2.75, 3.05) is 58.1 Å². The predicted molar refractivity (Wildman–Crippen MR) is 161 cm³/mol. The molecule has 2 fully saturated rings. The molecule has 0 aromatic heterocycles. The number of carbonyl (C=O) groups excluding carboxylic acids is 3. The summed E-state index contributed by atoms with van der Waals surface area (Å²) in [6.45, 7) is 2.59. The van der Waals surface area contributed by atoms with Crippen LogP contribution in [-0.4, -0.2) is 87.9 Å². The Hall–Kier alpha value is -3.38. The van der Waals surface area contributed by atoms with Gasteiger partial charge in [-0.3, -0.25) is 14.5 Å². The van der Waals surface area contributed by atoms with E-state index in [1.807, 2.05) is 4.90 Å². The van der Waals surface area contributed by atoms with E-state index < -0.39 is 0 Å². The van der Waals surface area contributed by atoms with Crippen LogP contribution in [0, 0.1) is 0 Å². The Morgan fingerprint density at radius 1 is 1.12 bits per heavy atom. The van der Waals surface area contributed by atoms with Crippen LogP contribution >= 0.6 is 11.6 Å². The Kier molecular flexibility index (Phi) is 11.4. The first-order valence-electron chi connectivity index (χ1n) is 14.3. The van der Waals surface area contributed by atoms with Crippen molar-refractivity contribution in [3.8, 4) is 5.75 Å². The van der Waals surface area contributed by atoms with E-state index in [1.54, 1.807) is 31.4 Å². The first-order chi connectivity index (χ1) is 20.3. The fraction of sp³-hybridized carbons (Fsp3) is 0.500. The first kappa shape index (κ1) is 31.6. The molecule has 5 N–H and O–H groups in total. The highest BCUT2D eigenvalue weighted by Crippen LogP contribution is 2.29. The fourth-order valence-corrected chi connectivity index (χ4v) is 5.49. The van der Waals surface area contributed by atoms with Gasteiger partial charge in [0.15, 0.2) is 0 Å². The Morgan fingerprint density at radius 2 is 1.90 bits per heavy atom. The maximum Gasteiger partial charge on any atom is 0.338 e. The number of halogens is 1. The molecule has 0 bridgehead atoms. The molecule has 2 amide bonds. The number of rotatable bonds is 11. The molecule has 2 aromatic rings. The number of carbonyl (C=O) groups is 3. The number of nitrogens with one attached hydrogen (secondary N) is 3. The summed E-state index contributed by atoms with van der Waals surface area (Å²) in [6.07, 6.45) is 4.58. The number of nitrogen functional groups attached to an aromatic ring is 1. The van der Waals surface area contributed by atoms with Crippen molar-refractivity contribution in [2.24, 2.45) is 0 Å². The van der Waals surface area contributed by atoms with Gasteiger partial charge < -0.3 is 35.9 Å². The molecule has 2 aliphatic rings. The molecule has 0 aliphatic carbocycles. The van der Waals surface area contributed by atoms with E-state index >= 15 is 0 Å². The van der Waals surface area contributed by atoms with Crippen molar-refractivity contribution in [1.82, 2.24) is 15.5 Å². The van der Waals surface area contributed by atoms with Crippen LogP contribution in [0.4, 0.5) is 11.4 Å². The third kappa shape index (κ3) is 8.57. The van der Waals surface area contributed by atoms with E-state index in [1.165, 1.54) is 32.1 Å². The van der Waals surface area contributed by atoms with E-state index in [2.05, 4.69) is 16.0 Å². The molecule has 2 aromatic carbocycles. The van der Waals surface area contributed by atoms with E-state index in [9.17, 15) is 14.4 Å². The van der Waals surface area contributed by atoms with Crippen LogP contribution in [0.25, 0.3) is 0 Å². The van der Waals surface area contributed by atoms with Crippen LogP contribution in [0.3, 0.4) is 0 Å². The van der Waals surface area contributed by atoms with Gasteiger partial charge in [-0.25, -0.2) is 4.79 Å². The zero-order valence-corrected chi connectivity index (χ0v) is 24.9. The van der Waals surface area contributed by atoms with Gasteiger partial charge in [0, 0.05) is 38.0 Å². The molecular weight excluding hydrogens is 562 g/mol. The zero-order chi connectivity index (χ0) is 30.1. The number of nitrogens with two attached hydrogens (primary N) is 1. The number of benzene rings is 2. The maximum absolute atomic E-state index is 13.0. The molecule has 0 spiro atoms. The van der Waals surface area contributed by atoms with Crippen LogP contribution in [0.2, 0.25) is 5.02 Å². The highest BCUT2D eigenvalue weighted by molar-refractivity contribution is 6.33. The van der Waals surface area contributed by atoms with Gasteiger partial charge in [-0.05, 0) is 62.6 Å². The number of nitrogens with zero attached hydrogens (tertiary/aromatic N) is 1. The minimum absolute atomic E-state index is 0.154. The molecule has 3 atom stereocenters. The summed E-state index contributed by atoms with van der Waals surface area (Å²) < 4.78 is 16.4. The summed E-state index contributed by atoms with van der Waals surface area (Å²) in [7, 11) is 3.04. The second kappa shape index (κ2) is 15.2. The SMILES string of the molecule is COc1cc(N)c(Cl)cc1C(=O)N[C@@H]1CCN(CC(=O)Nc2ccc(C(=O)OCCC3CCCCN3)cc2)C[C@@H]1OC. The van der Waals surface area contributed by atoms with E-state index in [-0.39, 0.29) is 47.1 Å². The highest BCUT2D eigenvalue weighted by Gasteiger charge is 2.32. The average molecular weight is 602 g/mol. The Balaban J connectivity index is 1.22. The number of likely N-dealkylation sites (tertiary alicyclic amines) is 1. The molecule has 0 saturated carbocycles. The zero-order valence-electron chi connectivity index (χ0n) is 24.1. The molecule has 12 heteroatoms. The number of amides is 2. The van der Waals surface area contributed by atoms with Gasteiger partial charge in [-0.15, -0.1) is 0 Å². The quantitative estimate of drug-likeness (QED) is 0.226. The molecule has 0 radical (unpaired) electrons. The van der Waals surface area contributed by atoms with Gasteiger partial charge in [0.05, 0.1) is 54.2 Å². The minimum Gasteiger partial charge on any atom is -0.496 e. The van der Waals surface area contributed by atoms with E-state index in [4.69, 9.17) is 31.5 Å². The fourth-order valence-electron chi connectivity index (χ4n) is 5.33. The second-order valence-corrected chi connectivity index (χ2v) is 11.1. The summed E-state index contributed by atoms with van der Waals surface area (Å²) in [5, 5.41) is 9.59. The maximum atomic E-state index is 13.0. The van der Waals surface area contributed by atoms with Crippen LogP contribution < -0.4 is 26.4 Å². The molecule has 42 heavy (non-hydrogen) atoms. The highest BCUT2D eigenvalue weighted by atomic mass is 35.5. The van der Waals surface area contributed by atoms with E-state index in [0.717, 1.165) is 19.4 Å². The number of esters is 1. The smallest absolute Gasteiger partial charge is 0.338 e. The van der Waals surface area contributed by atoms with Crippen molar-refractivity contribution in [2.45, 2.75) is 50.3 Å². The van der Waals surface area contributed by atoms with Crippen molar-refractivity contribution in [1.29, 1.82) is 0 Å². The van der Waals surface area contributed by atoms with Gasteiger partial charge in [0.25, 0.3) is 5.91 Å². The Bertz CT molecular complexity index is 1240. The Morgan fingerprint density at radius 3 is 2.60 bits per heavy atom. The van der Waals surface area contributed by atoms with Crippen LogP contribution in [0.5, 0.6) is 5.75 Å². The third-order valence-corrected chi connectivity index (χ3v) is 8.04. The molecule has 2 aliphatic heterocycles. The number of ether oxygens (including phenoxy) is 3. The van der Waals surface area contributed by atoms with Crippen molar-refractivity contribution >= 4 is 40.8 Å². The van der Waals surface area contributed by atoms with Gasteiger partial charge in [-0.1, -0.05) is 18.0 Å². The molecule has 2 saturated heterocycles. The molecular formula is C30H40ClN5O6. The molecule has 228 valence electrons. The second-order valence-electron chi connectivity index (χ2n) is 10.6. The van der Waals surface area contributed by atoms with Crippen LogP contribution in [0.1, 0.15) is 52.8 Å². The standard InChI is InChI=1S/C30H40ClN5O6/c1-40-26-16-24(32)23(31)15-22(26)29(38)35-25-10-13-36(17-27(25)41-2)18-28(37)34-21-8-6-19(7-9-21)30(39)42-14-11-20-5-3-4-12-33-20/h6-9,15-16,20,25,27,33H,3-5,10-14,17-18,32H2,1-2H3,(H,34,37)(H,35,38)/t20?,25-,27+/m1/s1. The number of hydrogen-bond acceptors (Lipinski definition) is 9. The third-order valence-electron chi connectivity index (χ3n) is 7.71. The molecule has 1 unspecified atom stereocenters.